The summed E-state index contributed by atoms with van der Waals surface area (Å²) in [6, 6.07) is 4.96. The predicted molar refractivity (Wildman–Crippen MR) is 113 cm³/mol. The van der Waals surface area contributed by atoms with Crippen LogP contribution in [-0.2, 0) is 24.2 Å². The van der Waals surface area contributed by atoms with Crippen molar-refractivity contribution in [3.8, 4) is 0 Å². The Hall–Kier alpha value is -3.29. The summed E-state index contributed by atoms with van der Waals surface area (Å²) >= 11 is 0. The summed E-state index contributed by atoms with van der Waals surface area (Å²) in [5.41, 5.74) is 5.45. The lowest BCUT2D eigenvalue weighted by atomic mass is 9.91. The van der Waals surface area contributed by atoms with Crippen LogP contribution in [0.2, 0.25) is 0 Å². The third-order valence-corrected chi connectivity index (χ3v) is 6.17. The fourth-order valence-corrected chi connectivity index (χ4v) is 4.72. The minimum atomic E-state index is -0.838. The summed E-state index contributed by atoms with van der Waals surface area (Å²) < 4.78 is 21.3. The van der Waals surface area contributed by atoms with Gasteiger partial charge in [0.05, 0.1) is 11.4 Å². The molecule has 0 fully saturated rings. The fraction of sp³-hybridized carbons (Fsp3) is 0.364. The molecule has 0 spiro atoms. The van der Waals surface area contributed by atoms with E-state index in [1.807, 2.05) is 29.6 Å². The summed E-state index contributed by atoms with van der Waals surface area (Å²) in [7, 11) is 3.98. The number of halogens is 1. The first-order chi connectivity index (χ1) is 14.4. The molecule has 8 heteroatoms. The van der Waals surface area contributed by atoms with Gasteiger partial charge in [0.25, 0.3) is 6.01 Å². The van der Waals surface area contributed by atoms with Crippen molar-refractivity contribution >= 4 is 34.8 Å². The van der Waals surface area contributed by atoms with Crippen LogP contribution < -0.4 is 9.80 Å². The van der Waals surface area contributed by atoms with Crippen LogP contribution in [0.15, 0.2) is 28.7 Å². The van der Waals surface area contributed by atoms with Crippen LogP contribution in [0.25, 0.3) is 17.2 Å². The van der Waals surface area contributed by atoms with Crippen LogP contribution in [0, 0.1) is 5.82 Å². The maximum atomic E-state index is 13.5. The Bertz CT molecular complexity index is 1180. The highest BCUT2D eigenvalue weighted by molar-refractivity contribution is 5.77. The van der Waals surface area contributed by atoms with E-state index in [2.05, 4.69) is 16.0 Å². The number of anilines is 2. The van der Waals surface area contributed by atoms with Gasteiger partial charge in [0.15, 0.2) is 5.58 Å². The molecule has 2 aromatic heterocycles. The predicted octanol–water partition coefficient (Wildman–Crippen LogP) is 3.31. The molecule has 7 nitrogen and oxygen atoms in total. The van der Waals surface area contributed by atoms with Crippen LogP contribution in [-0.4, -0.2) is 47.3 Å². The molecular formula is C22H23FN4O3. The molecule has 1 aliphatic heterocycles. The van der Waals surface area contributed by atoms with E-state index in [4.69, 9.17) is 4.42 Å². The quantitative estimate of drug-likeness (QED) is 0.711. The zero-order valence-electron chi connectivity index (χ0n) is 16.9. The molecule has 5 rings (SSSR count). The van der Waals surface area contributed by atoms with E-state index < -0.39 is 5.97 Å². The van der Waals surface area contributed by atoms with Gasteiger partial charge < -0.3 is 23.9 Å². The van der Waals surface area contributed by atoms with E-state index >= 15 is 0 Å². The Balaban J connectivity index is 1.50. The number of benzene rings is 1. The third kappa shape index (κ3) is 2.94. The Labute approximate surface area is 173 Å². The number of aromatic nitrogens is 2. The Morgan fingerprint density at radius 3 is 3.07 bits per heavy atom. The Morgan fingerprint density at radius 2 is 2.27 bits per heavy atom. The molecule has 1 aliphatic carbocycles. The lowest BCUT2D eigenvalue weighted by Gasteiger charge is -2.32. The van der Waals surface area contributed by atoms with Gasteiger partial charge in [0, 0.05) is 38.4 Å². The maximum Gasteiger partial charge on any atom is 0.323 e. The van der Waals surface area contributed by atoms with Gasteiger partial charge in [0.1, 0.15) is 17.9 Å². The van der Waals surface area contributed by atoms with Crippen LogP contribution in [0.3, 0.4) is 0 Å². The molecule has 0 saturated carbocycles. The van der Waals surface area contributed by atoms with Gasteiger partial charge in [-0.25, -0.2) is 4.39 Å². The first-order valence-corrected chi connectivity index (χ1v) is 10.0. The van der Waals surface area contributed by atoms with E-state index in [1.165, 1.54) is 17.7 Å². The van der Waals surface area contributed by atoms with Gasteiger partial charge in [-0.1, -0.05) is 6.08 Å². The number of carbonyl (C=O) groups is 1. The van der Waals surface area contributed by atoms with Crippen LogP contribution in [0.4, 0.5) is 16.1 Å². The first-order valence-electron chi connectivity index (χ1n) is 10.0. The van der Waals surface area contributed by atoms with Crippen LogP contribution >= 0.6 is 0 Å². The zero-order chi connectivity index (χ0) is 21.0. The van der Waals surface area contributed by atoms with Crippen LogP contribution in [0.5, 0.6) is 0 Å². The van der Waals surface area contributed by atoms with Crippen molar-refractivity contribution in [1.82, 2.24) is 9.55 Å². The monoisotopic (exact) mass is 410 g/mol. The van der Waals surface area contributed by atoms with Gasteiger partial charge in [-0.2, -0.15) is 4.98 Å². The van der Waals surface area contributed by atoms with Crippen molar-refractivity contribution in [3.63, 3.8) is 0 Å². The molecule has 1 N–H and O–H groups in total. The van der Waals surface area contributed by atoms with Gasteiger partial charge in [-0.3, -0.25) is 4.79 Å². The number of nitrogens with zero attached hydrogens (tertiary/aromatic N) is 4. The largest absolute Gasteiger partial charge is 0.480 e. The molecular weight excluding hydrogens is 387 g/mol. The van der Waals surface area contributed by atoms with Crippen molar-refractivity contribution in [3.05, 3.63) is 47.0 Å². The molecule has 0 radical (unpaired) electrons. The highest BCUT2D eigenvalue weighted by atomic mass is 19.1. The average molecular weight is 410 g/mol. The maximum absolute atomic E-state index is 13.5. The van der Waals surface area contributed by atoms with E-state index in [9.17, 15) is 14.3 Å². The average Bonchev–Trinajstić information content (AvgIpc) is 3.27. The molecule has 1 aromatic carbocycles. The first kappa shape index (κ1) is 18.7. The minimum Gasteiger partial charge on any atom is -0.480 e. The number of likely N-dealkylation sites (N-methyl/N-ethyl adjacent to an activating group) is 2. The van der Waals surface area contributed by atoms with Gasteiger partial charge in [-0.05, 0) is 43.0 Å². The van der Waals surface area contributed by atoms with E-state index in [0.717, 1.165) is 42.9 Å². The minimum absolute atomic E-state index is 0.0347. The SMILES string of the molecule is CN1CC=Cc2c1c1c(n2CC(=O)O)CCC(N(C)c2nc3cc(F)ccc3o2)C1. The summed E-state index contributed by atoms with van der Waals surface area (Å²) in [5.74, 6) is -1.18. The summed E-state index contributed by atoms with van der Waals surface area (Å²) in [5, 5.41) is 9.42. The number of carboxylic acid groups (broad SMARTS) is 1. The molecule has 0 saturated heterocycles. The number of carboxylic acids is 1. The summed E-state index contributed by atoms with van der Waals surface area (Å²) in [6.07, 6.45) is 6.50. The second-order valence-corrected chi connectivity index (χ2v) is 8.04. The van der Waals surface area contributed by atoms with Gasteiger partial charge >= 0.3 is 5.97 Å². The number of hydrogen-bond acceptors (Lipinski definition) is 5. The summed E-state index contributed by atoms with van der Waals surface area (Å²) in [6.45, 7) is 0.765. The second-order valence-electron chi connectivity index (χ2n) is 8.04. The van der Waals surface area contributed by atoms with E-state index in [0.29, 0.717) is 17.1 Å². The fourth-order valence-electron chi connectivity index (χ4n) is 4.72. The Morgan fingerprint density at radius 1 is 1.43 bits per heavy atom. The molecule has 0 amide bonds. The highest BCUT2D eigenvalue weighted by Gasteiger charge is 2.33. The topological polar surface area (TPSA) is 74.7 Å². The molecule has 2 aliphatic rings. The number of fused-ring (bicyclic) bond motifs is 4. The third-order valence-electron chi connectivity index (χ3n) is 6.17. The number of hydrogen-bond donors (Lipinski definition) is 1. The van der Waals surface area contributed by atoms with Gasteiger partial charge in [0.2, 0.25) is 0 Å². The Kier molecular flexibility index (Phi) is 4.30. The van der Waals surface area contributed by atoms with Crippen molar-refractivity contribution in [2.24, 2.45) is 0 Å². The number of rotatable bonds is 4. The van der Waals surface area contributed by atoms with Crippen molar-refractivity contribution < 1.29 is 18.7 Å². The lowest BCUT2D eigenvalue weighted by molar-refractivity contribution is -0.137. The summed E-state index contributed by atoms with van der Waals surface area (Å²) in [4.78, 5) is 20.1. The lowest BCUT2D eigenvalue weighted by Crippen LogP contribution is -2.37. The van der Waals surface area contributed by atoms with E-state index in [-0.39, 0.29) is 18.4 Å². The number of oxazole rings is 1. The van der Waals surface area contributed by atoms with Crippen LogP contribution in [0.1, 0.15) is 23.4 Å². The molecule has 3 aromatic rings. The molecule has 3 heterocycles. The molecule has 0 bridgehead atoms. The smallest absolute Gasteiger partial charge is 0.323 e. The second kappa shape index (κ2) is 6.90. The molecule has 156 valence electrons. The number of aliphatic carboxylic acids is 1. The van der Waals surface area contributed by atoms with Crippen molar-refractivity contribution in [1.29, 1.82) is 0 Å². The van der Waals surface area contributed by atoms with Gasteiger partial charge in [-0.15, -0.1) is 0 Å². The van der Waals surface area contributed by atoms with E-state index in [1.54, 1.807) is 6.07 Å². The van der Waals surface area contributed by atoms with Crippen molar-refractivity contribution in [2.75, 3.05) is 30.4 Å². The molecule has 1 unspecified atom stereocenters. The zero-order valence-corrected chi connectivity index (χ0v) is 16.9. The molecule has 1 atom stereocenters. The van der Waals surface area contributed by atoms with Crippen molar-refractivity contribution in [2.45, 2.75) is 31.8 Å². The normalized spacial score (nSPS) is 17.8. The highest BCUT2D eigenvalue weighted by Crippen LogP contribution is 2.40. The molecule has 30 heavy (non-hydrogen) atoms. The standard InChI is InChI=1S/C22H23FN4O3/c1-25-9-3-4-18-21(25)15-11-14(6-7-17(15)27(18)12-20(28)29)26(2)22-24-16-10-13(23)5-8-19(16)30-22/h3-5,8,10,14H,6-7,9,11-12H2,1-2H3,(H,28,29).